The van der Waals surface area contributed by atoms with Crippen molar-refractivity contribution in [3.63, 3.8) is 0 Å². The summed E-state index contributed by atoms with van der Waals surface area (Å²) in [4.78, 5) is 4.03. The largest absolute Gasteiger partial charge is 0.497 e. The normalized spacial score (nSPS) is 24.8. The molecular weight excluding hydrogens is 277 g/mol. The minimum absolute atomic E-state index is 0.228. The molecule has 0 radical (unpaired) electrons. The van der Waals surface area contributed by atoms with E-state index in [-0.39, 0.29) is 12.1 Å². The number of benzene rings is 1. The Hall–Kier alpha value is -1.59. The van der Waals surface area contributed by atoms with Crippen LogP contribution in [0.2, 0.25) is 0 Å². The molecule has 2 heterocycles. The van der Waals surface area contributed by atoms with E-state index in [4.69, 9.17) is 22.3 Å². The van der Waals surface area contributed by atoms with Gasteiger partial charge in [0.1, 0.15) is 0 Å². The fourth-order valence-corrected chi connectivity index (χ4v) is 2.40. The van der Waals surface area contributed by atoms with E-state index in [1.807, 2.05) is 27.7 Å². The van der Waals surface area contributed by atoms with Gasteiger partial charge >= 0.3 is 7.12 Å². The molecule has 0 aliphatic carbocycles. The van der Waals surface area contributed by atoms with Crippen LogP contribution in [0.25, 0.3) is 10.8 Å². The number of rotatable bonds is 3. The van der Waals surface area contributed by atoms with E-state index >= 15 is 0 Å². The molecule has 1 fully saturated rings. The highest BCUT2D eigenvalue weighted by atomic mass is 16.7. The molecule has 116 valence electrons. The molecule has 5 heteroatoms. The van der Waals surface area contributed by atoms with Crippen molar-refractivity contribution in [1.82, 2.24) is 4.98 Å². The topological polar surface area (TPSA) is 40.6 Å². The second kappa shape index (κ2) is 5.25. The van der Waals surface area contributed by atoms with Gasteiger partial charge in [0.25, 0.3) is 0 Å². The Morgan fingerprint density at radius 3 is 2.50 bits per heavy atom. The third-order valence-corrected chi connectivity index (χ3v) is 4.36. The monoisotopic (exact) mass is 305 g/mol. The van der Waals surface area contributed by atoms with Crippen LogP contribution in [-0.2, 0) is 9.31 Å². The average molecular weight is 305 g/mol. The van der Waals surface area contributed by atoms with Gasteiger partial charge < -0.3 is 14.0 Å². The highest BCUT2D eigenvalue weighted by Crippen LogP contribution is 2.37. The Labute approximate surface area is 140 Å². The average Bonchev–Trinajstić information content (AvgIpc) is 2.73. The molecule has 2 aromatic rings. The first kappa shape index (κ1) is 9.53. The predicted octanol–water partition coefficient (Wildman–Crippen LogP) is 2.93. The summed E-state index contributed by atoms with van der Waals surface area (Å²) in [5.74, 6) is -0.262. The van der Waals surface area contributed by atoms with Crippen LogP contribution in [0.1, 0.15) is 42.8 Å². The van der Waals surface area contributed by atoms with Gasteiger partial charge in [-0.2, -0.15) is 0 Å². The third-order valence-electron chi connectivity index (χ3n) is 4.36. The second-order valence-corrected chi connectivity index (χ2v) is 6.28. The second-order valence-electron chi connectivity index (χ2n) is 6.28. The number of aromatic nitrogens is 1. The van der Waals surface area contributed by atoms with Crippen molar-refractivity contribution in [2.75, 3.05) is 6.56 Å². The van der Waals surface area contributed by atoms with Crippen molar-refractivity contribution in [2.45, 2.75) is 45.7 Å². The maximum absolute atomic E-state index is 8.37. The van der Waals surface area contributed by atoms with Gasteiger partial charge in [-0.3, -0.25) is 0 Å². The van der Waals surface area contributed by atoms with Crippen molar-refractivity contribution in [2.24, 2.45) is 0 Å². The van der Waals surface area contributed by atoms with E-state index in [0.717, 1.165) is 0 Å². The molecule has 3 rings (SSSR count). The highest BCUT2D eigenvalue weighted by molar-refractivity contribution is 6.65. The fraction of sp³-hybridized carbons (Fsp3) is 0.471. The summed E-state index contributed by atoms with van der Waals surface area (Å²) in [5.41, 5.74) is -0.839. The molecule has 1 aromatic heterocycles. The number of hydrogen-bond acceptors (Lipinski definition) is 4. The van der Waals surface area contributed by atoms with E-state index in [1.54, 1.807) is 24.3 Å². The Balaban J connectivity index is 2.13. The molecule has 0 amide bonds. The van der Waals surface area contributed by atoms with Gasteiger partial charge in [0.05, 0.1) is 21.9 Å². The minimum Gasteiger partial charge on any atom is -0.478 e. The molecule has 1 saturated heterocycles. The van der Waals surface area contributed by atoms with E-state index < -0.39 is 31.7 Å². The maximum Gasteiger partial charge on any atom is 0.497 e. The van der Waals surface area contributed by atoms with Crippen molar-refractivity contribution in [3.05, 3.63) is 30.4 Å². The van der Waals surface area contributed by atoms with E-state index in [2.05, 4.69) is 4.98 Å². The Bertz CT molecular complexity index is 900. The lowest BCUT2D eigenvalue weighted by Gasteiger charge is -2.32. The van der Waals surface area contributed by atoms with Gasteiger partial charge in [0, 0.05) is 21.1 Å². The van der Waals surface area contributed by atoms with Crippen LogP contribution in [0.3, 0.4) is 0 Å². The number of fused-ring (bicyclic) bond motifs is 1. The maximum atomic E-state index is 8.37. The van der Waals surface area contributed by atoms with Gasteiger partial charge in [-0.1, -0.05) is 18.2 Å². The van der Waals surface area contributed by atoms with E-state index in [9.17, 15) is 0 Å². The quantitative estimate of drug-likeness (QED) is 0.818. The fourth-order valence-electron chi connectivity index (χ4n) is 2.40. The summed E-state index contributed by atoms with van der Waals surface area (Å²) < 4.78 is 63.0. The zero-order valence-corrected chi connectivity index (χ0v) is 13.1. The number of hydrogen-bond donors (Lipinski definition) is 0. The van der Waals surface area contributed by atoms with Crippen LogP contribution in [0, 0.1) is 0 Å². The van der Waals surface area contributed by atoms with Gasteiger partial charge in [0.2, 0.25) is 5.88 Å². The molecule has 0 N–H and O–H groups in total. The van der Waals surface area contributed by atoms with Crippen LogP contribution in [0.5, 0.6) is 5.88 Å². The van der Waals surface area contributed by atoms with E-state index in [1.165, 1.54) is 0 Å². The number of nitrogens with zero attached hydrogens (tertiary/aromatic N) is 1. The molecule has 1 aliphatic heterocycles. The lowest BCUT2D eigenvalue weighted by atomic mass is 9.77. The van der Waals surface area contributed by atoms with Crippen LogP contribution < -0.4 is 10.2 Å². The molecule has 1 aromatic carbocycles. The zero-order chi connectivity index (χ0) is 21.1. The van der Waals surface area contributed by atoms with Gasteiger partial charge in [0.15, 0.2) is 0 Å². The summed E-state index contributed by atoms with van der Waals surface area (Å²) in [6.07, 6.45) is -0.228. The molecule has 0 atom stereocenters. The number of pyridine rings is 1. The zero-order valence-electron chi connectivity index (χ0n) is 19.1. The molecule has 0 bridgehead atoms. The molecule has 1 aliphatic rings. The summed E-state index contributed by atoms with van der Waals surface area (Å²) in [7, 11) is -0.844. The van der Waals surface area contributed by atoms with E-state index in [0.29, 0.717) is 16.2 Å². The highest BCUT2D eigenvalue weighted by Gasteiger charge is 2.52. The van der Waals surface area contributed by atoms with Crippen LogP contribution in [0.4, 0.5) is 0 Å². The van der Waals surface area contributed by atoms with Gasteiger partial charge in [-0.15, -0.1) is 0 Å². The van der Waals surface area contributed by atoms with Crippen molar-refractivity contribution < 1.29 is 22.3 Å². The molecule has 0 saturated carbocycles. The molecule has 0 spiro atoms. The Kier molecular flexibility index (Phi) is 2.27. The molecule has 22 heavy (non-hydrogen) atoms. The third kappa shape index (κ3) is 2.38. The van der Waals surface area contributed by atoms with Crippen molar-refractivity contribution in [1.29, 1.82) is 0 Å². The van der Waals surface area contributed by atoms with Gasteiger partial charge in [-0.25, -0.2) is 4.98 Å². The molecule has 0 unspecified atom stereocenters. The first-order chi connectivity index (χ1) is 12.7. The molecular formula is C17H22BNO3. The smallest absolute Gasteiger partial charge is 0.478 e. The minimum atomic E-state index is -3.01. The SMILES string of the molecule is [2H]c1nc(OC([2H])([2H])C([2H])([2H])[2H])c2ccccc2c1B1OC(C)(C)C(C)(C)O1. The van der Waals surface area contributed by atoms with Crippen LogP contribution in [-0.4, -0.2) is 29.9 Å². The van der Waals surface area contributed by atoms with Crippen molar-refractivity contribution >= 4 is 23.4 Å². The Morgan fingerprint density at radius 2 is 1.86 bits per heavy atom. The lowest BCUT2D eigenvalue weighted by molar-refractivity contribution is 0.00578. The summed E-state index contributed by atoms with van der Waals surface area (Å²) in [6, 6.07) is 6.78. The summed E-state index contributed by atoms with van der Waals surface area (Å²) in [6.45, 7) is 1.62. The van der Waals surface area contributed by atoms with Gasteiger partial charge in [-0.05, 0) is 46.0 Å². The summed E-state index contributed by atoms with van der Waals surface area (Å²) >= 11 is 0. The first-order valence-corrected chi connectivity index (χ1v) is 7.10. The van der Waals surface area contributed by atoms with Crippen molar-refractivity contribution in [3.8, 4) is 5.88 Å². The molecule has 4 nitrogen and oxygen atoms in total. The lowest BCUT2D eigenvalue weighted by Crippen LogP contribution is -2.41. The Morgan fingerprint density at radius 1 is 1.23 bits per heavy atom. The standard InChI is InChI=1S/C17H22BNO3/c1-6-20-15-13-10-8-7-9-12(13)14(11-19-15)18-21-16(2,3)17(4,5)22-18/h7-11H,6H2,1-5H3/i1D3,6D2,11D. The van der Waals surface area contributed by atoms with Crippen LogP contribution >= 0.6 is 0 Å². The number of ether oxygens (including phenoxy) is 1. The summed E-state index contributed by atoms with van der Waals surface area (Å²) in [5, 5.41) is 0.897. The predicted molar refractivity (Wildman–Crippen MR) is 88.6 cm³/mol. The van der Waals surface area contributed by atoms with Crippen LogP contribution in [0.15, 0.2) is 30.4 Å². The first-order valence-electron chi connectivity index (χ1n) is 10.1.